The Bertz CT molecular complexity index is 1000. The van der Waals surface area contributed by atoms with Crippen molar-refractivity contribution in [2.45, 2.75) is 19.4 Å². The number of carbonyl (C=O) groups is 1. The van der Waals surface area contributed by atoms with Crippen LogP contribution < -0.4 is 14.8 Å². The molecule has 2 heterocycles. The van der Waals surface area contributed by atoms with E-state index in [1.807, 2.05) is 42.5 Å². The molecule has 2 aromatic carbocycles. The van der Waals surface area contributed by atoms with Crippen LogP contribution in [0.5, 0.6) is 17.4 Å². The molecule has 0 unspecified atom stereocenters. The van der Waals surface area contributed by atoms with Gasteiger partial charge in [0.1, 0.15) is 17.1 Å². The highest BCUT2D eigenvalue weighted by atomic mass is 16.5. The zero-order chi connectivity index (χ0) is 22.2. The Morgan fingerprint density at radius 2 is 1.75 bits per heavy atom. The van der Waals surface area contributed by atoms with Gasteiger partial charge in [0, 0.05) is 19.3 Å². The molecule has 4 rings (SSSR count). The number of ether oxygens (including phenoxy) is 2. The summed E-state index contributed by atoms with van der Waals surface area (Å²) in [6.45, 7) is 3.66. The molecule has 6 nitrogen and oxygen atoms in total. The van der Waals surface area contributed by atoms with Crippen LogP contribution in [0.3, 0.4) is 0 Å². The minimum absolute atomic E-state index is 0.148. The van der Waals surface area contributed by atoms with Crippen LogP contribution in [0.4, 0.5) is 0 Å². The van der Waals surface area contributed by atoms with Gasteiger partial charge in [-0.25, -0.2) is 4.98 Å². The number of nitrogens with one attached hydrogen (secondary N) is 1. The average molecular weight is 432 g/mol. The third-order valence-electron chi connectivity index (χ3n) is 5.80. The number of benzene rings is 2. The van der Waals surface area contributed by atoms with Gasteiger partial charge in [-0.3, -0.25) is 9.69 Å². The fraction of sp³-hybridized carbons (Fsp3) is 0.308. The van der Waals surface area contributed by atoms with E-state index in [2.05, 4.69) is 27.3 Å². The lowest BCUT2D eigenvalue weighted by atomic mass is 9.96. The van der Waals surface area contributed by atoms with E-state index >= 15 is 0 Å². The van der Waals surface area contributed by atoms with Gasteiger partial charge in [0.25, 0.3) is 5.91 Å². The third-order valence-corrected chi connectivity index (χ3v) is 5.80. The van der Waals surface area contributed by atoms with Gasteiger partial charge in [-0.1, -0.05) is 30.3 Å². The summed E-state index contributed by atoms with van der Waals surface area (Å²) < 4.78 is 11.0. The van der Waals surface area contributed by atoms with Crippen LogP contribution in [0.15, 0.2) is 72.9 Å². The number of nitrogens with zero attached hydrogens (tertiary/aromatic N) is 2. The summed E-state index contributed by atoms with van der Waals surface area (Å²) in [7, 11) is 1.68. The fourth-order valence-electron chi connectivity index (χ4n) is 3.92. The third kappa shape index (κ3) is 5.86. The van der Waals surface area contributed by atoms with Gasteiger partial charge in [0.2, 0.25) is 5.88 Å². The molecule has 0 radical (unpaired) electrons. The van der Waals surface area contributed by atoms with Crippen molar-refractivity contribution in [3.05, 3.63) is 84.1 Å². The molecule has 1 amide bonds. The van der Waals surface area contributed by atoms with E-state index in [0.29, 0.717) is 29.7 Å². The molecule has 1 fully saturated rings. The lowest BCUT2D eigenvalue weighted by Gasteiger charge is -2.32. The maximum Gasteiger partial charge on any atom is 0.256 e. The summed E-state index contributed by atoms with van der Waals surface area (Å²) in [6, 6.07) is 21.1. The molecule has 1 aromatic heterocycles. The molecule has 3 aromatic rings. The van der Waals surface area contributed by atoms with Crippen molar-refractivity contribution in [1.82, 2.24) is 15.2 Å². The largest absolute Gasteiger partial charge is 0.497 e. The smallest absolute Gasteiger partial charge is 0.256 e. The number of methoxy groups -OCH3 is 1. The Balaban J connectivity index is 1.25. The van der Waals surface area contributed by atoms with E-state index in [0.717, 1.165) is 38.2 Å². The standard InChI is InChI=1S/C26H29N3O3/c1-31-22-11-9-21(10-12-22)19-29-16-13-20(14-17-29)18-28-25(30)24-8-5-15-27-26(24)32-23-6-3-2-4-7-23/h2-12,15,20H,13-14,16-19H2,1H3,(H,28,30). The van der Waals surface area contributed by atoms with E-state index < -0.39 is 0 Å². The van der Waals surface area contributed by atoms with E-state index in [9.17, 15) is 4.79 Å². The predicted molar refractivity (Wildman–Crippen MR) is 124 cm³/mol. The summed E-state index contributed by atoms with van der Waals surface area (Å²) in [5.74, 6) is 2.19. The molecule has 0 spiro atoms. The van der Waals surface area contributed by atoms with Crippen molar-refractivity contribution in [3.8, 4) is 17.4 Å². The monoisotopic (exact) mass is 431 g/mol. The number of amides is 1. The quantitative estimate of drug-likeness (QED) is 0.568. The highest BCUT2D eigenvalue weighted by molar-refractivity contribution is 5.96. The van der Waals surface area contributed by atoms with Crippen LogP contribution in [-0.2, 0) is 6.54 Å². The summed E-state index contributed by atoms with van der Waals surface area (Å²) in [5.41, 5.74) is 1.74. The van der Waals surface area contributed by atoms with Crippen molar-refractivity contribution in [1.29, 1.82) is 0 Å². The molecule has 32 heavy (non-hydrogen) atoms. The first kappa shape index (κ1) is 21.8. The van der Waals surface area contributed by atoms with Crippen molar-refractivity contribution < 1.29 is 14.3 Å². The zero-order valence-corrected chi connectivity index (χ0v) is 18.4. The Morgan fingerprint density at radius 1 is 1.00 bits per heavy atom. The molecule has 0 aliphatic carbocycles. The van der Waals surface area contributed by atoms with Gasteiger partial charge >= 0.3 is 0 Å². The number of rotatable bonds is 8. The second-order valence-electron chi connectivity index (χ2n) is 8.05. The zero-order valence-electron chi connectivity index (χ0n) is 18.4. The second-order valence-corrected chi connectivity index (χ2v) is 8.05. The predicted octanol–water partition coefficient (Wildman–Crippen LogP) is 4.52. The normalized spacial score (nSPS) is 14.7. The van der Waals surface area contributed by atoms with E-state index in [1.165, 1.54) is 5.56 Å². The van der Waals surface area contributed by atoms with E-state index in [4.69, 9.17) is 9.47 Å². The number of pyridine rings is 1. The van der Waals surface area contributed by atoms with Crippen LogP contribution in [0.1, 0.15) is 28.8 Å². The first-order chi connectivity index (χ1) is 15.7. The molecule has 166 valence electrons. The maximum absolute atomic E-state index is 12.8. The first-order valence-electron chi connectivity index (χ1n) is 11.0. The molecule has 1 aliphatic rings. The van der Waals surface area contributed by atoms with Crippen molar-refractivity contribution >= 4 is 5.91 Å². The number of carbonyl (C=O) groups excluding carboxylic acids is 1. The Labute approximate surface area is 189 Å². The highest BCUT2D eigenvalue weighted by Crippen LogP contribution is 2.23. The van der Waals surface area contributed by atoms with Gasteiger partial charge < -0.3 is 14.8 Å². The number of hydrogen-bond donors (Lipinski definition) is 1. The van der Waals surface area contributed by atoms with Crippen molar-refractivity contribution in [3.63, 3.8) is 0 Å². The van der Waals surface area contributed by atoms with Crippen LogP contribution in [0, 0.1) is 5.92 Å². The summed E-state index contributed by atoms with van der Waals surface area (Å²) in [4.78, 5) is 19.5. The minimum Gasteiger partial charge on any atom is -0.497 e. The fourth-order valence-corrected chi connectivity index (χ4v) is 3.92. The van der Waals surface area contributed by atoms with Gasteiger partial charge in [-0.2, -0.15) is 0 Å². The lowest BCUT2D eigenvalue weighted by molar-refractivity contribution is 0.0932. The van der Waals surface area contributed by atoms with Crippen LogP contribution in [0.25, 0.3) is 0 Å². The Hall–Kier alpha value is -3.38. The van der Waals surface area contributed by atoms with Crippen LogP contribution >= 0.6 is 0 Å². The molecule has 0 atom stereocenters. The lowest BCUT2D eigenvalue weighted by Crippen LogP contribution is -2.38. The molecule has 0 bridgehead atoms. The number of likely N-dealkylation sites (tertiary alicyclic amines) is 1. The summed E-state index contributed by atoms with van der Waals surface area (Å²) in [6.07, 6.45) is 3.77. The molecular formula is C26H29N3O3. The summed E-state index contributed by atoms with van der Waals surface area (Å²) in [5, 5.41) is 3.08. The van der Waals surface area contributed by atoms with E-state index in [-0.39, 0.29) is 5.91 Å². The number of hydrogen-bond acceptors (Lipinski definition) is 5. The number of aromatic nitrogens is 1. The number of para-hydroxylation sites is 1. The molecule has 6 heteroatoms. The molecule has 1 N–H and O–H groups in total. The molecule has 1 saturated heterocycles. The SMILES string of the molecule is COc1ccc(CN2CCC(CNC(=O)c3cccnc3Oc3ccccc3)CC2)cc1. The average Bonchev–Trinajstić information content (AvgIpc) is 2.85. The second kappa shape index (κ2) is 10.8. The van der Waals surface area contributed by atoms with E-state index in [1.54, 1.807) is 25.4 Å². The van der Waals surface area contributed by atoms with Gasteiger partial charge in [0.15, 0.2) is 0 Å². The van der Waals surface area contributed by atoms with Crippen molar-refractivity contribution in [2.24, 2.45) is 5.92 Å². The van der Waals surface area contributed by atoms with Gasteiger partial charge in [0.05, 0.1) is 7.11 Å². The van der Waals surface area contributed by atoms with Gasteiger partial charge in [-0.05, 0) is 73.8 Å². The topological polar surface area (TPSA) is 63.7 Å². The minimum atomic E-state index is -0.148. The Morgan fingerprint density at radius 3 is 2.47 bits per heavy atom. The van der Waals surface area contributed by atoms with Crippen LogP contribution in [-0.4, -0.2) is 42.5 Å². The highest BCUT2D eigenvalue weighted by Gasteiger charge is 2.21. The Kier molecular flexibility index (Phi) is 7.35. The number of piperidine rings is 1. The first-order valence-corrected chi connectivity index (χ1v) is 11.0. The summed E-state index contributed by atoms with van der Waals surface area (Å²) >= 11 is 0. The maximum atomic E-state index is 12.8. The van der Waals surface area contributed by atoms with Crippen LogP contribution in [0.2, 0.25) is 0 Å². The van der Waals surface area contributed by atoms with Crippen molar-refractivity contribution in [2.75, 3.05) is 26.7 Å². The molecule has 0 saturated carbocycles. The molecule has 1 aliphatic heterocycles. The molecular weight excluding hydrogens is 402 g/mol. The van der Waals surface area contributed by atoms with Gasteiger partial charge in [-0.15, -0.1) is 0 Å².